The smallest absolute Gasteiger partial charge is 0.0260 e. The van der Waals surface area contributed by atoms with Gasteiger partial charge in [0, 0.05) is 0 Å². The normalized spacial score (nSPS) is 11.2. The van der Waals surface area contributed by atoms with Gasteiger partial charge in [-0.3, -0.25) is 0 Å². The first-order chi connectivity index (χ1) is 8.33. The van der Waals surface area contributed by atoms with Crippen molar-refractivity contribution in [2.45, 2.75) is 58.8 Å². The summed E-state index contributed by atoms with van der Waals surface area (Å²) < 4.78 is 0. The zero-order valence-corrected chi connectivity index (χ0v) is 11.4. The van der Waals surface area contributed by atoms with Crippen LogP contribution in [-0.4, -0.2) is 0 Å². The lowest BCUT2D eigenvalue weighted by Gasteiger charge is -1.98. The van der Waals surface area contributed by atoms with Gasteiger partial charge < -0.3 is 0 Å². The van der Waals surface area contributed by atoms with E-state index in [9.17, 15) is 0 Å². The molecule has 0 aliphatic heterocycles. The molecule has 0 fully saturated rings. The summed E-state index contributed by atoms with van der Waals surface area (Å²) in [7, 11) is 0. The molecule has 0 aromatic heterocycles. The highest BCUT2D eigenvalue weighted by molar-refractivity contribution is 5.49. The molecule has 0 aliphatic rings. The quantitative estimate of drug-likeness (QED) is 0.498. The van der Waals surface area contributed by atoms with Crippen LogP contribution in [0, 0.1) is 6.92 Å². The van der Waals surface area contributed by atoms with E-state index in [0.717, 1.165) is 0 Å². The van der Waals surface area contributed by atoms with Crippen LogP contribution in [0.2, 0.25) is 0 Å². The summed E-state index contributed by atoms with van der Waals surface area (Å²) in [5, 5.41) is 0. The monoisotopic (exact) mass is 230 g/mol. The van der Waals surface area contributed by atoms with Crippen LogP contribution in [0.1, 0.15) is 63.0 Å². The number of benzene rings is 1. The molecule has 0 atom stereocenters. The van der Waals surface area contributed by atoms with E-state index < -0.39 is 0 Å². The molecular weight excluding hydrogens is 204 g/mol. The average Bonchev–Trinajstić information content (AvgIpc) is 2.35. The van der Waals surface area contributed by atoms with Crippen molar-refractivity contribution in [2.24, 2.45) is 0 Å². The van der Waals surface area contributed by atoms with E-state index in [4.69, 9.17) is 0 Å². The predicted molar refractivity (Wildman–Crippen MR) is 78.2 cm³/mol. The first kappa shape index (κ1) is 14.0. The molecule has 0 bridgehead atoms. The highest BCUT2D eigenvalue weighted by Crippen LogP contribution is 2.09. The molecule has 0 aliphatic carbocycles. The first-order valence-electron chi connectivity index (χ1n) is 7.06. The Morgan fingerprint density at radius 1 is 0.882 bits per heavy atom. The van der Waals surface area contributed by atoms with Crippen LogP contribution >= 0.6 is 0 Å². The first-order valence-corrected chi connectivity index (χ1v) is 7.06. The second-order valence-corrected chi connectivity index (χ2v) is 4.87. The summed E-state index contributed by atoms with van der Waals surface area (Å²) in [6, 6.07) is 8.72. The zero-order chi connectivity index (χ0) is 12.3. The fourth-order valence-corrected chi connectivity index (χ4v) is 1.94. The highest BCUT2D eigenvalue weighted by Gasteiger charge is 1.89. The molecule has 1 aromatic rings. The summed E-state index contributed by atoms with van der Waals surface area (Å²) in [4.78, 5) is 0. The number of unbranched alkanes of at least 4 members (excludes halogenated alkanes) is 6. The van der Waals surface area contributed by atoms with Crippen molar-refractivity contribution in [1.29, 1.82) is 0 Å². The Kier molecular flexibility index (Phi) is 7.46. The van der Waals surface area contributed by atoms with Gasteiger partial charge in [0.05, 0.1) is 0 Å². The maximum absolute atomic E-state index is 2.31. The maximum atomic E-state index is 2.31. The van der Waals surface area contributed by atoms with E-state index in [0.29, 0.717) is 0 Å². The van der Waals surface area contributed by atoms with Gasteiger partial charge in [-0.25, -0.2) is 0 Å². The van der Waals surface area contributed by atoms with Crippen LogP contribution in [0.5, 0.6) is 0 Å². The highest BCUT2D eigenvalue weighted by atomic mass is 14.0. The van der Waals surface area contributed by atoms with Crippen LogP contribution in [0.15, 0.2) is 30.3 Å². The Balaban J connectivity index is 2.08. The minimum atomic E-state index is 1.22. The van der Waals surface area contributed by atoms with Gasteiger partial charge in [-0.15, -0.1) is 0 Å². The summed E-state index contributed by atoms with van der Waals surface area (Å²) in [6.07, 6.45) is 14.1. The van der Waals surface area contributed by atoms with E-state index >= 15 is 0 Å². The summed E-state index contributed by atoms with van der Waals surface area (Å²) in [5.74, 6) is 0. The fraction of sp³-hybridized carbons (Fsp3) is 0.529. The van der Waals surface area contributed by atoms with Crippen LogP contribution in [0.3, 0.4) is 0 Å². The lowest BCUT2D eigenvalue weighted by atomic mass is 10.1. The summed E-state index contributed by atoms with van der Waals surface area (Å²) >= 11 is 0. The van der Waals surface area contributed by atoms with E-state index in [1.54, 1.807) is 0 Å². The van der Waals surface area contributed by atoms with Gasteiger partial charge >= 0.3 is 0 Å². The van der Waals surface area contributed by atoms with E-state index in [1.165, 1.54) is 56.1 Å². The number of hydrogen-bond donors (Lipinski definition) is 0. The zero-order valence-electron chi connectivity index (χ0n) is 11.4. The van der Waals surface area contributed by atoms with Gasteiger partial charge in [0.15, 0.2) is 0 Å². The Hall–Kier alpha value is -1.04. The molecular formula is C17H26. The van der Waals surface area contributed by atoms with Gasteiger partial charge in [0.2, 0.25) is 0 Å². The van der Waals surface area contributed by atoms with Crippen molar-refractivity contribution >= 4 is 6.08 Å². The number of hydrogen-bond acceptors (Lipinski definition) is 0. The average molecular weight is 230 g/mol. The van der Waals surface area contributed by atoms with Crippen molar-refractivity contribution in [3.63, 3.8) is 0 Å². The van der Waals surface area contributed by atoms with Gasteiger partial charge in [0.1, 0.15) is 0 Å². The Bertz CT molecular complexity index is 305. The van der Waals surface area contributed by atoms with Gasteiger partial charge in [-0.2, -0.15) is 0 Å². The van der Waals surface area contributed by atoms with Gasteiger partial charge in [-0.05, 0) is 25.3 Å². The molecule has 1 aromatic carbocycles. The second kappa shape index (κ2) is 9.04. The van der Waals surface area contributed by atoms with Gasteiger partial charge in [-0.1, -0.05) is 81.0 Å². The Morgan fingerprint density at radius 3 is 2.24 bits per heavy atom. The van der Waals surface area contributed by atoms with Gasteiger partial charge in [0.25, 0.3) is 0 Å². The summed E-state index contributed by atoms with van der Waals surface area (Å²) in [5.41, 5.74) is 2.65. The minimum absolute atomic E-state index is 1.22. The van der Waals surface area contributed by atoms with E-state index in [-0.39, 0.29) is 0 Å². The number of rotatable bonds is 8. The number of aryl methyl sites for hydroxylation is 1. The molecule has 0 radical (unpaired) electrons. The lowest BCUT2D eigenvalue weighted by molar-refractivity contribution is 0.611. The third-order valence-electron chi connectivity index (χ3n) is 3.11. The van der Waals surface area contributed by atoms with Crippen molar-refractivity contribution in [2.75, 3.05) is 0 Å². The molecule has 0 heteroatoms. The Labute approximate surface area is 107 Å². The molecule has 0 unspecified atom stereocenters. The van der Waals surface area contributed by atoms with Crippen molar-refractivity contribution < 1.29 is 0 Å². The molecule has 17 heavy (non-hydrogen) atoms. The van der Waals surface area contributed by atoms with Crippen LogP contribution in [-0.2, 0) is 0 Å². The summed E-state index contributed by atoms with van der Waals surface area (Å²) in [6.45, 7) is 4.40. The van der Waals surface area contributed by atoms with E-state index in [2.05, 4.69) is 50.3 Å². The fourth-order valence-electron chi connectivity index (χ4n) is 1.94. The molecule has 0 saturated carbocycles. The SMILES string of the molecule is CCCCCCCCC=Cc1ccc(C)cc1. The third-order valence-corrected chi connectivity index (χ3v) is 3.11. The largest absolute Gasteiger partial charge is 0.0839 e. The molecule has 1 rings (SSSR count). The molecule has 0 nitrogen and oxygen atoms in total. The number of allylic oxidation sites excluding steroid dienone is 1. The minimum Gasteiger partial charge on any atom is -0.0839 e. The van der Waals surface area contributed by atoms with Crippen LogP contribution in [0.4, 0.5) is 0 Å². The Morgan fingerprint density at radius 2 is 1.53 bits per heavy atom. The van der Waals surface area contributed by atoms with E-state index in [1.807, 2.05) is 0 Å². The lowest BCUT2D eigenvalue weighted by Crippen LogP contribution is -1.78. The third kappa shape index (κ3) is 6.99. The molecule has 0 N–H and O–H groups in total. The standard InChI is InChI=1S/C17H26/c1-3-4-5-6-7-8-9-10-11-17-14-12-16(2)13-15-17/h10-15H,3-9H2,1-2H3. The topological polar surface area (TPSA) is 0 Å². The van der Waals surface area contributed by atoms with Crippen LogP contribution < -0.4 is 0 Å². The molecule has 0 heterocycles. The second-order valence-electron chi connectivity index (χ2n) is 4.87. The molecule has 0 spiro atoms. The molecule has 0 amide bonds. The molecule has 0 saturated heterocycles. The predicted octanol–water partition coefficient (Wildman–Crippen LogP) is 5.76. The van der Waals surface area contributed by atoms with Crippen molar-refractivity contribution in [3.8, 4) is 0 Å². The van der Waals surface area contributed by atoms with Crippen molar-refractivity contribution in [3.05, 3.63) is 41.5 Å². The van der Waals surface area contributed by atoms with Crippen LogP contribution in [0.25, 0.3) is 6.08 Å². The molecule has 94 valence electrons. The maximum Gasteiger partial charge on any atom is -0.0260 e. The van der Waals surface area contributed by atoms with Crippen molar-refractivity contribution in [1.82, 2.24) is 0 Å².